The molecule has 0 spiro atoms. The molecule has 3 fully saturated rings. The van der Waals surface area contributed by atoms with E-state index < -0.39 is 0 Å². The molecule has 0 heterocycles. The summed E-state index contributed by atoms with van der Waals surface area (Å²) in [7, 11) is 0. The SMILES string of the molecule is C.C.C.CC1CCC2CC1C2(C)C. The Morgan fingerprint density at radius 3 is 1.77 bits per heavy atom. The van der Waals surface area contributed by atoms with Gasteiger partial charge >= 0.3 is 0 Å². The monoisotopic (exact) mass is 186 g/mol. The zero-order chi connectivity index (χ0) is 7.35. The second-order valence-electron chi connectivity index (χ2n) is 4.92. The summed E-state index contributed by atoms with van der Waals surface area (Å²) in [6, 6.07) is 0. The van der Waals surface area contributed by atoms with E-state index in [-0.39, 0.29) is 22.3 Å². The van der Waals surface area contributed by atoms with Gasteiger partial charge in [-0.1, -0.05) is 49.5 Å². The van der Waals surface area contributed by atoms with E-state index in [1.54, 1.807) is 0 Å². The van der Waals surface area contributed by atoms with Crippen molar-refractivity contribution in [3.8, 4) is 0 Å². The van der Waals surface area contributed by atoms with Gasteiger partial charge in [0.15, 0.2) is 0 Å². The highest BCUT2D eigenvalue weighted by Gasteiger charge is 2.52. The average molecular weight is 186 g/mol. The van der Waals surface area contributed by atoms with E-state index in [2.05, 4.69) is 20.8 Å². The molecule has 3 rings (SSSR count). The maximum absolute atomic E-state index is 2.46. The van der Waals surface area contributed by atoms with Crippen LogP contribution in [0, 0.1) is 23.2 Å². The molecule has 3 unspecified atom stereocenters. The van der Waals surface area contributed by atoms with E-state index in [9.17, 15) is 0 Å². The largest absolute Gasteiger partial charge is 0.0776 e. The summed E-state index contributed by atoms with van der Waals surface area (Å²) in [5.41, 5.74) is 0.706. The average Bonchev–Trinajstić information content (AvgIpc) is 1.87. The van der Waals surface area contributed by atoms with Crippen LogP contribution in [-0.4, -0.2) is 0 Å². The van der Waals surface area contributed by atoms with Gasteiger partial charge in [-0.05, 0) is 36.0 Å². The minimum atomic E-state index is 0. The van der Waals surface area contributed by atoms with E-state index >= 15 is 0 Å². The van der Waals surface area contributed by atoms with Crippen LogP contribution in [0.4, 0.5) is 0 Å². The van der Waals surface area contributed by atoms with Crippen molar-refractivity contribution in [2.75, 3.05) is 0 Å². The highest BCUT2D eigenvalue weighted by Crippen LogP contribution is 2.61. The molecule has 0 amide bonds. The van der Waals surface area contributed by atoms with E-state index in [0.717, 1.165) is 17.8 Å². The third-order valence-electron chi connectivity index (χ3n) is 4.20. The zero-order valence-corrected chi connectivity index (χ0v) is 7.35. The second kappa shape index (κ2) is 4.48. The predicted octanol–water partition coefficient (Wildman–Crippen LogP) is 4.99. The minimum Gasteiger partial charge on any atom is -0.0776 e. The highest BCUT2D eigenvalue weighted by molar-refractivity contribution is 5.01. The summed E-state index contributed by atoms with van der Waals surface area (Å²) in [5.74, 6) is 3.15. The van der Waals surface area contributed by atoms with Crippen LogP contribution >= 0.6 is 0 Å². The van der Waals surface area contributed by atoms with Gasteiger partial charge in [0.25, 0.3) is 0 Å². The van der Waals surface area contributed by atoms with Gasteiger partial charge in [-0.3, -0.25) is 0 Å². The fraction of sp³-hybridized carbons (Fsp3) is 1.00. The highest BCUT2D eigenvalue weighted by atomic mass is 14.6. The quantitative estimate of drug-likeness (QED) is 0.500. The molecule has 0 aromatic rings. The Morgan fingerprint density at radius 2 is 1.54 bits per heavy atom. The lowest BCUT2D eigenvalue weighted by atomic mass is 9.46. The van der Waals surface area contributed by atoms with Crippen LogP contribution in [0.1, 0.15) is 62.3 Å². The van der Waals surface area contributed by atoms with Crippen LogP contribution in [0.25, 0.3) is 0 Å². The van der Waals surface area contributed by atoms with Crippen molar-refractivity contribution in [3.63, 3.8) is 0 Å². The first-order valence-corrected chi connectivity index (χ1v) is 4.62. The molecule has 3 aliphatic carbocycles. The molecule has 0 radical (unpaired) electrons. The minimum absolute atomic E-state index is 0. The second-order valence-corrected chi connectivity index (χ2v) is 4.92. The predicted molar refractivity (Wildman–Crippen MR) is 64.0 cm³/mol. The topological polar surface area (TPSA) is 0 Å². The molecule has 0 aliphatic heterocycles. The fourth-order valence-corrected chi connectivity index (χ4v) is 3.18. The van der Waals surface area contributed by atoms with Crippen LogP contribution < -0.4 is 0 Å². The van der Waals surface area contributed by atoms with Gasteiger partial charge in [-0.15, -0.1) is 0 Å². The lowest BCUT2D eigenvalue weighted by molar-refractivity contribution is -0.0988. The zero-order valence-electron chi connectivity index (χ0n) is 7.35. The van der Waals surface area contributed by atoms with Crippen molar-refractivity contribution in [2.45, 2.75) is 62.3 Å². The molecule has 82 valence electrons. The van der Waals surface area contributed by atoms with Gasteiger partial charge < -0.3 is 0 Å². The number of hydrogen-bond acceptors (Lipinski definition) is 0. The summed E-state index contributed by atoms with van der Waals surface area (Å²) in [6.45, 7) is 7.35. The van der Waals surface area contributed by atoms with Crippen LogP contribution in [0.2, 0.25) is 0 Å². The van der Waals surface area contributed by atoms with Crippen molar-refractivity contribution < 1.29 is 0 Å². The lowest BCUT2D eigenvalue weighted by Crippen LogP contribution is -2.51. The molecule has 0 heteroatoms. The molecule has 0 aromatic heterocycles. The smallest absolute Gasteiger partial charge is 0.0295 e. The Bertz CT molecular complexity index is 144. The molecule has 0 nitrogen and oxygen atoms in total. The van der Waals surface area contributed by atoms with E-state index in [0.29, 0.717) is 5.41 Å². The third-order valence-corrected chi connectivity index (χ3v) is 4.20. The van der Waals surface area contributed by atoms with Gasteiger partial charge in [-0.2, -0.15) is 0 Å². The summed E-state index contributed by atoms with van der Waals surface area (Å²) < 4.78 is 0. The molecule has 3 saturated carbocycles. The summed E-state index contributed by atoms with van der Waals surface area (Å²) >= 11 is 0. The summed E-state index contributed by atoms with van der Waals surface area (Å²) in [4.78, 5) is 0. The molecule has 3 aliphatic rings. The van der Waals surface area contributed by atoms with Gasteiger partial charge in [0, 0.05) is 0 Å². The van der Waals surface area contributed by atoms with Crippen LogP contribution in [0.3, 0.4) is 0 Å². The number of fused-ring (bicyclic) bond motifs is 2. The van der Waals surface area contributed by atoms with Crippen LogP contribution in [-0.2, 0) is 0 Å². The Balaban J connectivity index is 0. The van der Waals surface area contributed by atoms with E-state index in [1.807, 2.05) is 0 Å². The maximum Gasteiger partial charge on any atom is -0.0295 e. The van der Waals surface area contributed by atoms with Crippen molar-refractivity contribution in [2.24, 2.45) is 23.2 Å². The Labute approximate surface area is 86.1 Å². The maximum atomic E-state index is 2.46. The van der Waals surface area contributed by atoms with Crippen molar-refractivity contribution in [3.05, 3.63) is 0 Å². The first kappa shape index (κ1) is 15.5. The van der Waals surface area contributed by atoms with Crippen LogP contribution in [0.15, 0.2) is 0 Å². The van der Waals surface area contributed by atoms with E-state index in [1.165, 1.54) is 19.3 Å². The normalized spacial score (nSPS) is 38.5. The molecule has 0 aromatic carbocycles. The third kappa shape index (κ3) is 1.92. The number of rotatable bonds is 0. The van der Waals surface area contributed by atoms with Crippen LogP contribution in [0.5, 0.6) is 0 Å². The molecular weight excluding hydrogens is 156 g/mol. The summed E-state index contributed by atoms with van der Waals surface area (Å²) in [6.07, 6.45) is 4.54. The molecule has 0 N–H and O–H groups in total. The first-order chi connectivity index (χ1) is 4.62. The molecular formula is C13H30. The van der Waals surface area contributed by atoms with Gasteiger partial charge in [-0.25, -0.2) is 0 Å². The standard InChI is InChI=1S/C10H18.3CH4/c1-7-4-5-8-6-9(7)10(8,2)3;;;/h7-9H,4-6H2,1-3H3;3*1H4. The fourth-order valence-electron chi connectivity index (χ4n) is 3.18. The Hall–Kier alpha value is 0. The molecule has 3 atom stereocenters. The van der Waals surface area contributed by atoms with Gasteiger partial charge in [0.1, 0.15) is 0 Å². The molecule has 0 saturated heterocycles. The lowest BCUT2D eigenvalue weighted by Gasteiger charge is -2.59. The van der Waals surface area contributed by atoms with Gasteiger partial charge in [0.05, 0.1) is 0 Å². The van der Waals surface area contributed by atoms with Gasteiger partial charge in [0.2, 0.25) is 0 Å². The van der Waals surface area contributed by atoms with E-state index in [4.69, 9.17) is 0 Å². The van der Waals surface area contributed by atoms with Crippen molar-refractivity contribution in [1.29, 1.82) is 0 Å². The Morgan fingerprint density at radius 1 is 1.00 bits per heavy atom. The molecule has 13 heavy (non-hydrogen) atoms. The molecule has 2 bridgehead atoms. The number of hydrogen-bond donors (Lipinski definition) is 0. The Kier molecular flexibility index (Phi) is 5.33. The van der Waals surface area contributed by atoms with Crippen molar-refractivity contribution in [1.82, 2.24) is 0 Å². The summed E-state index contributed by atoms with van der Waals surface area (Å²) in [5, 5.41) is 0. The first-order valence-electron chi connectivity index (χ1n) is 4.62. The van der Waals surface area contributed by atoms with Crippen molar-refractivity contribution >= 4 is 0 Å².